The van der Waals surface area contributed by atoms with Crippen LogP contribution in [0.1, 0.15) is 55.6 Å². The van der Waals surface area contributed by atoms with Crippen LogP contribution in [0.25, 0.3) is 11.1 Å². The zero-order valence-corrected chi connectivity index (χ0v) is 16.5. The maximum absolute atomic E-state index is 12.4. The van der Waals surface area contributed by atoms with Gasteiger partial charge in [0.1, 0.15) is 12.6 Å². The van der Waals surface area contributed by atoms with Crippen molar-refractivity contribution < 1.29 is 19.4 Å². The number of carbonyl (C=O) groups is 2. The summed E-state index contributed by atoms with van der Waals surface area (Å²) in [5, 5.41) is 12.1. The van der Waals surface area contributed by atoms with Crippen LogP contribution in [0.4, 0.5) is 4.79 Å². The van der Waals surface area contributed by atoms with E-state index in [2.05, 4.69) is 29.6 Å². The summed E-state index contributed by atoms with van der Waals surface area (Å²) < 4.78 is 5.50. The van der Waals surface area contributed by atoms with Gasteiger partial charge in [0.25, 0.3) is 0 Å². The number of benzene rings is 2. The van der Waals surface area contributed by atoms with E-state index in [0.717, 1.165) is 47.9 Å². The standard InChI is InChI=1S/C24H27NO4/c26-23(27)22(14-16-8-2-1-3-9-16)25-24(28)29-15-21-19-12-6-4-10-17(19)18-11-5-7-13-20(18)21/h4-7,10-13,16,21-22H,1-3,8-9,14-15H2,(H,25,28)(H,26,27)/t22-/m1/s1. The van der Waals surface area contributed by atoms with E-state index < -0.39 is 18.1 Å². The normalized spacial score (nSPS) is 17.2. The van der Waals surface area contributed by atoms with Crippen LogP contribution in [0.5, 0.6) is 0 Å². The van der Waals surface area contributed by atoms with Crippen LogP contribution < -0.4 is 5.32 Å². The number of aliphatic carboxylic acids is 1. The number of nitrogens with one attached hydrogen (secondary N) is 1. The Morgan fingerprint density at radius 2 is 1.55 bits per heavy atom. The highest BCUT2D eigenvalue weighted by Gasteiger charge is 2.30. The first-order valence-corrected chi connectivity index (χ1v) is 10.5. The fraction of sp³-hybridized carbons (Fsp3) is 0.417. The molecule has 1 amide bonds. The zero-order chi connectivity index (χ0) is 20.2. The van der Waals surface area contributed by atoms with Crippen LogP contribution in [0.15, 0.2) is 48.5 Å². The summed E-state index contributed by atoms with van der Waals surface area (Å²) in [7, 11) is 0. The van der Waals surface area contributed by atoms with Crippen LogP contribution in [0.3, 0.4) is 0 Å². The van der Waals surface area contributed by atoms with Crippen LogP contribution in [0.2, 0.25) is 0 Å². The van der Waals surface area contributed by atoms with Crippen molar-refractivity contribution in [3.63, 3.8) is 0 Å². The van der Waals surface area contributed by atoms with Gasteiger partial charge in [0.15, 0.2) is 0 Å². The van der Waals surface area contributed by atoms with Crippen molar-refractivity contribution in [3.8, 4) is 11.1 Å². The average Bonchev–Trinajstić information content (AvgIpc) is 3.06. The van der Waals surface area contributed by atoms with E-state index in [0.29, 0.717) is 12.3 Å². The average molecular weight is 393 g/mol. The number of amides is 1. The van der Waals surface area contributed by atoms with Gasteiger partial charge in [0.05, 0.1) is 0 Å². The summed E-state index contributed by atoms with van der Waals surface area (Å²) in [4.78, 5) is 24.0. The molecule has 2 N–H and O–H groups in total. The maximum atomic E-state index is 12.4. The Kier molecular flexibility index (Phi) is 5.84. The van der Waals surface area contributed by atoms with Crippen molar-refractivity contribution in [2.24, 2.45) is 5.92 Å². The van der Waals surface area contributed by atoms with Gasteiger partial charge in [-0.15, -0.1) is 0 Å². The van der Waals surface area contributed by atoms with Crippen LogP contribution in [0, 0.1) is 5.92 Å². The SMILES string of the molecule is O=C(N[C@H](CC1CCCCC1)C(=O)O)OCC1c2ccccc2-c2ccccc21. The molecule has 1 atom stereocenters. The van der Waals surface area contributed by atoms with E-state index >= 15 is 0 Å². The quantitative estimate of drug-likeness (QED) is 0.728. The predicted molar refractivity (Wildman–Crippen MR) is 111 cm³/mol. The Balaban J connectivity index is 1.39. The van der Waals surface area contributed by atoms with Crippen molar-refractivity contribution >= 4 is 12.1 Å². The second kappa shape index (κ2) is 8.68. The molecule has 2 aliphatic carbocycles. The summed E-state index contributed by atoms with van der Waals surface area (Å²) in [5.41, 5.74) is 4.60. The number of hydrogen-bond donors (Lipinski definition) is 2. The Bertz CT molecular complexity index is 842. The van der Waals surface area contributed by atoms with Gasteiger partial charge < -0.3 is 15.2 Å². The van der Waals surface area contributed by atoms with Gasteiger partial charge >= 0.3 is 12.1 Å². The summed E-state index contributed by atoms with van der Waals surface area (Å²) in [6, 6.07) is 15.4. The molecule has 0 unspecified atom stereocenters. The molecule has 152 valence electrons. The van der Waals surface area contributed by atoms with Gasteiger partial charge in [-0.1, -0.05) is 80.6 Å². The molecule has 0 aliphatic heterocycles. The third-order valence-electron chi connectivity index (χ3n) is 6.23. The lowest BCUT2D eigenvalue weighted by Gasteiger charge is -2.25. The fourth-order valence-corrected chi connectivity index (χ4v) is 4.76. The third-order valence-corrected chi connectivity index (χ3v) is 6.23. The fourth-order valence-electron chi connectivity index (χ4n) is 4.76. The Labute approximate surface area is 171 Å². The van der Waals surface area contributed by atoms with E-state index in [1.807, 2.05) is 24.3 Å². The number of fused-ring (bicyclic) bond motifs is 3. The second-order valence-corrected chi connectivity index (χ2v) is 8.10. The molecule has 0 heterocycles. The third kappa shape index (κ3) is 4.29. The lowest BCUT2D eigenvalue weighted by atomic mass is 9.85. The van der Waals surface area contributed by atoms with Gasteiger partial charge in [-0.25, -0.2) is 9.59 Å². The summed E-state index contributed by atoms with van der Waals surface area (Å²) in [6.07, 6.45) is 5.39. The minimum Gasteiger partial charge on any atom is -0.480 e. The molecule has 0 radical (unpaired) electrons. The van der Waals surface area contributed by atoms with Gasteiger partial charge in [-0.2, -0.15) is 0 Å². The molecule has 1 fully saturated rings. The van der Waals surface area contributed by atoms with Gasteiger partial charge in [0, 0.05) is 5.92 Å². The lowest BCUT2D eigenvalue weighted by molar-refractivity contribution is -0.139. The van der Waals surface area contributed by atoms with Crippen molar-refractivity contribution in [2.45, 2.75) is 50.5 Å². The molecule has 5 nitrogen and oxygen atoms in total. The summed E-state index contributed by atoms with van der Waals surface area (Å²) in [5.74, 6) is -0.669. The number of carbonyl (C=O) groups excluding carboxylic acids is 1. The first-order chi connectivity index (χ1) is 14.1. The molecule has 2 aliphatic rings. The van der Waals surface area contributed by atoms with Crippen molar-refractivity contribution in [1.29, 1.82) is 0 Å². The highest BCUT2D eigenvalue weighted by molar-refractivity contribution is 5.81. The molecule has 0 saturated heterocycles. The van der Waals surface area contributed by atoms with Crippen molar-refractivity contribution in [1.82, 2.24) is 5.32 Å². The molecule has 5 heteroatoms. The van der Waals surface area contributed by atoms with Crippen LogP contribution in [-0.4, -0.2) is 29.8 Å². The monoisotopic (exact) mass is 393 g/mol. The van der Waals surface area contributed by atoms with Gasteiger partial charge in [0.2, 0.25) is 0 Å². The van der Waals surface area contributed by atoms with Crippen LogP contribution >= 0.6 is 0 Å². The number of carboxylic acids is 1. The Morgan fingerprint density at radius 1 is 0.966 bits per heavy atom. The number of ether oxygens (including phenoxy) is 1. The first-order valence-electron chi connectivity index (χ1n) is 10.5. The van der Waals surface area contributed by atoms with Crippen molar-refractivity contribution in [3.05, 3.63) is 59.7 Å². The van der Waals surface area contributed by atoms with E-state index in [1.165, 1.54) is 6.42 Å². The molecule has 0 bridgehead atoms. The molecular formula is C24H27NO4. The highest BCUT2D eigenvalue weighted by atomic mass is 16.5. The zero-order valence-electron chi connectivity index (χ0n) is 16.5. The minimum atomic E-state index is -0.996. The Morgan fingerprint density at radius 3 is 2.14 bits per heavy atom. The molecule has 0 aromatic heterocycles. The van der Waals surface area contributed by atoms with Gasteiger partial charge in [-0.3, -0.25) is 0 Å². The molecule has 2 aromatic carbocycles. The van der Waals surface area contributed by atoms with E-state index in [1.54, 1.807) is 0 Å². The first kappa shape index (κ1) is 19.5. The van der Waals surface area contributed by atoms with E-state index in [-0.39, 0.29) is 12.5 Å². The second-order valence-electron chi connectivity index (χ2n) is 8.10. The predicted octanol–water partition coefficient (Wildman–Crippen LogP) is 4.95. The minimum absolute atomic E-state index is 0.0326. The van der Waals surface area contributed by atoms with E-state index in [4.69, 9.17) is 4.74 Å². The molecular weight excluding hydrogens is 366 g/mol. The van der Waals surface area contributed by atoms with E-state index in [9.17, 15) is 14.7 Å². The topological polar surface area (TPSA) is 75.6 Å². The van der Waals surface area contributed by atoms with Crippen molar-refractivity contribution in [2.75, 3.05) is 6.61 Å². The summed E-state index contributed by atoms with van der Waals surface area (Å²) >= 11 is 0. The molecule has 4 rings (SSSR count). The molecule has 1 saturated carbocycles. The number of rotatable bonds is 6. The maximum Gasteiger partial charge on any atom is 0.407 e. The summed E-state index contributed by atoms with van der Waals surface area (Å²) in [6.45, 7) is 0.190. The number of alkyl carbamates (subject to hydrolysis) is 1. The highest BCUT2D eigenvalue weighted by Crippen LogP contribution is 2.44. The molecule has 0 spiro atoms. The molecule has 29 heavy (non-hydrogen) atoms. The largest absolute Gasteiger partial charge is 0.480 e. The number of carboxylic acid groups (broad SMARTS) is 1. The van der Waals surface area contributed by atoms with Crippen LogP contribution in [-0.2, 0) is 9.53 Å². The number of hydrogen-bond acceptors (Lipinski definition) is 3. The smallest absolute Gasteiger partial charge is 0.407 e. The molecule has 2 aromatic rings. The van der Waals surface area contributed by atoms with Gasteiger partial charge in [-0.05, 0) is 34.6 Å². The Hall–Kier alpha value is -2.82. The lowest BCUT2D eigenvalue weighted by Crippen LogP contribution is -2.42.